The number of nitrogens with zero attached hydrogens (tertiary/aromatic N) is 3. The molecule has 2 N–H and O–H groups in total. The van der Waals surface area contributed by atoms with E-state index < -0.39 is 0 Å². The van der Waals surface area contributed by atoms with Gasteiger partial charge in [0.1, 0.15) is 11.6 Å². The van der Waals surface area contributed by atoms with Crippen molar-refractivity contribution in [3.63, 3.8) is 0 Å². The first-order chi connectivity index (χ1) is 10.6. The summed E-state index contributed by atoms with van der Waals surface area (Å²) in [4.78, 5) is 4.33. The molecule has 1 aromatic carbocycles. The zero-order chi connectivity index (χ0) is 15.8. The Morgan fingerprint density at radius 3 is 2.73 bits per heavy atom. The van der Waals surface area contributed by atoms with Crippen LogP contribution in [-0.2, 0) is 6.42 Å². The van der Waals surface area contributed by atoms with Crippen molar-refractivity contribution in [2.45, 2.75) is 26.7 Å². The number of hydrogen-bond acceptors (Lipinski definition) is 5. The summed E-state index contributed by atoms with van der Waals surface area (Å²) in [5.74, 6) is 1.60. The quantitative estimate of drug-likeness (QED) is 0.784. The SMILES string of the molecule is CC(C)CCNc1cnnc(NCCc2ccccc2F)n1. The fourth-order valence-electron chi connectivity index (χ4n) is 1.96. The molecule has 0 aliphatic carbocycles. The summed E-state index contributed by atoms with van der Waals surface area (Å²) in [6.45, 7) is 5.76. The highest BCUT2D eigenvalue weighted by Gasteiger charge is 2.03. The minimum atomic E-state index is -0.188. The molecule has 118 valence electrons. The summed E-state index contributed by atoms with van der Waals surface area (Å²) < 4.78 is 13.5. The molecule has 0 aliphatic heterocycles. The molecule has 5 nitrogen and oxygen atoms in total. The van der Waals surface area contributed by atoms with Crippen molar-refractivity contribution in [2.75, 3.05) is 23.7 Å². The molecule has 6 heteroatoms. The van der Waals surface area contributed by atoms with Crippen molar-refractivity contribution in [1.82, 2.24) is 15.2 Å². The molecule has 22 heavy (non-hydrogen) atoms. The second kappa shape index (κ2) is 8.26. The van der Waals surface area contributed by atoms with Gasteiger partial charge in [0.15, 0.2) is 0 Å². The monoisotopic (exact) mass is 303 g/mol. The predicted molar refractivity (Wildman–Crippen MR) is 86.4 cm³/mol. The van der Waals surface area contributed by atoms with E-state index in [1.165, 1.54) is 6.07 Å². The Kier molecular flexibility index (Phi) is 6.06. The average molecular weight is 303 g/mol. The summed E-state index contributed by atoms with van der Waals surface area (Å²) in [5.41, 5.74) is 0.675. The molecule has 2 aromatic rings. The van der Waals surface area contributed by atoms with E-state index in [0.29, 0.717) is 36.2 Å². The highest BCUT2D eigenvalue weighted by atomic mass is 19.1. The third-order valence-corrected chi connectivity index (χ3v) is 3.22. The van der Waals surface area contributed by atoms with Crippen LogP contribution in [0.2, 0.25) is 0 Å². The van der Waals surface area contributed by atoms with E-state index in [-0.39, 0.29) is 5.82 Å². The Morgan fingerprint density at radius 2 is 1.95 bits per heavy atom. The summed E-state index contributed by atoms with van der Waals surface area (Å²) >= 11 is 0. The van der Waals surface area contributed by atoms with Crippen LogP contribution in [-0.4, -0.2) is 28.3 Å². The van der Waals surface area contributed by atoms with Gasteiger partial charge >= 0.3 is 0 Å². The molecule has 2 rings (SSSR count). The van der Waals surface area contributed by atoms with Crippen LogP contribution >= 0.6 is 0 Å². The van der Waals surface area contributed by atoms with Crippen molar-refractivity contribution in [1.29, 1.82) is 0 Å². The zero-order valence-electron chi connectivity index (χ0n) is 13.0. The van der Waals surface area contributed by atoms with Crippen LogP contribution in [0.15, 0.2) is 30.5 Å². The number of aromatic nitrogens is 3. The van der Waals surface area contributed by atoms with Crippen molar-refractivity contribution < 1.29 is 4.39 Å². The van der Waals surface area contributed by atoms with Crippen LogP contribution in [0.5, 0.6) is 0 Å². The van der Waals surface area contributed by atoms with Gasteiger partial charge in [-0.25, -0.2) is 4.39 Å². The molecule has 1 heterocycles. The van der Waals surface area contributed by atoms with Gasteiger partial charge in [0.2, 0.25) is 5.95 Å². The average Bonchev–Trinajstić information content (AvgIpc) is 2.49. The maximum atomic E-state index is 13.5. The lowest BCUT2D eigenvalue weighted by molar-refractivity contribution is 0.606. The van der Waals surface area contributed by atoms with Gasteiger partial charge in [-0.05, 0) is 30.4 Å². The molecule has 0 saturated carbocycles. The summed E-state index contributed by atoms with van der Waals surface area (Å²) in [5, 5.41) is 14.1. The van der Waals surface area contributed by atoms with Gasteiger partial charge in [0.05, 0.1) is 6.20 Å². The Labute approximate surface area is 130 Å². The fourth-order valence-corrected chi connectivity index (χ4v) is 1.96. The summed E-state index contributed by atoms with van der Waals surface area (Å²) in [7, 11) is 0. The maximum Gasteiger partial charge on any atom is 0.244 e. The van der Waals surface area contributed by atoms with Crippen molar-refractivity contribution in [2.24, 2.45) is 5.92 Å². The minimum absolute atomic E-state index is 0.188. The fraction of sp³-hybridized carbons (Fsp3) is 0.438. The number of rotatable bonds is 8. The smallest absolute Gasteiger partial charge is 0.244 e. The van der Waals surface area contributed by atoms with E-state index in [4.69, 9.17) is 0 Å². The summed E-state index contributed by atoms with van der Waals surface area (Å²) in [6, 6.07) is 6.76. The normalized spacial score (nSPS) is 10.7. The first kappa shape index (κ1) is 16.1. The van der Waals surface area contributed by atoms with Gasteiger partial charge in [-0.2, -0.15) is 10.1 Å². The molecule has 0 saturated heterocycles. The van der Waals surface area contributed by atoms with Crippen molar-refractivity contribution in [3.05, 3.63) is 41.8 Å². The molecule has 0 fully saturated rings. The molecule has 0 aliphatic rings. The molecular weight excluding hydrogens is 281 g/mol. The van der Waals surface area contributed by atoms with Gasteiger partial charge in [0, 0.05) is 13.1 Å². The molecular formula is C16H22FN5. The van der Waals surface area contributed by atoms with Crippen LogP contribution in [0.1, 0.15) is 25.8 Å². The largest absolute Gasteiger partial charge is 0.369 e. The molecule has 1 aromatic heterocycles. The Morgan fingerprint density at radius 1 is 1.14 bits per heavy atom. The number of nitrogens with one attached hydrogen (secondary N) is 2. The van der Waals surface area contributed by atoms with Crippen LogP contribution in [0.25, 0.3) is 0 Å². The lowest BCUT2D eigenvalue weighted by Crippen LogP contribution is -2.12. The zero-order valence-corrected chi connectivity index (χ0v) is 13.0. The molecule has 0 bridgehead atoms. The standard InChI is InChI=1S/C16H22FN5/c1-12(2)7-9-18-15-11-20-22-16(21-15)19-10-8-13-5-3-4-6-14(13)17/h3-6,11-12H,7-10H2,1-2H3,(H2,18,19,21,22). The van der Waals surface area contributed by atoms with Gasteiger partial charge in [-0.1, -0.05) is 32.0 Å². The molecule has 0 radical (unpaired) electrons. The number of halogens is 1. The number of benzene rings is 1. The molecule has 0 atom stereocenters. The summed E-state index contributed by atoms with van der Waals surface area (Å²) in [6.07, 6.45) is 3.24. The lowest BCUT2D eigenvalue weighted by Gasteiger charge is -2.09. The molecule has 0 spiro atoms. The van der Waals surface area contributed by atoms with Crippen LogP contribution < -0.4 is 10.6 Å². The topological polar surface area (TPSA) is 62.7 Å². The second-order valence-electron chi connectivity index (χ2n) is 5.54. The third-order valence-electron chi connectivity index (χ3n) is 3.22. The van der Waals surface area contributed by atoms with Crippen LogP contribution in [0.4, 0.5) is 16.2 Å². The number of anilines is 2. The van der Waals surface area contributed by atoms with E-state index in [1.54, 1.807) is 18.3 Å². The van der Waals surface area contributed by atoms with E-state index in [9.17, 15) is 4.39 Å². The Hall–Kier alpha value is -2.24. The minimum Gasteiger partial charge on any atom is -0.369 e. The third kappa shape index (κ3) is 5.27. The van der Waals surface area contributed by atoms with Gasteiger partial charge in [-0.3, -0.25) is 0 Å². The molecule has 0 unspecified atom stereocenters. The van der Waals surface area contributed by atoms with E-state index >= 15 is 0 Å². The van der Waals surface area contributed by atoms with Gasteiger partial charge in [0.25, 0.3) is 0 Å². The first-order valence-corrected chi connectivity index (χ1v) is 7.56. The highest BCUT2D eigenvalue weighted by Crippen LogP contribution is 2.08. The van der Waals surface area contributed by atoms with E-state index in [2.05, 4.69) is 39.7 Å². The van der Waals surface area contributed by atoms with Crippen molar-refractivity contribution >= 4 is 11.8 Å². The van der Waals surface area contributed by atoms with E-state index in [1.807, 2.05) is 6.07 Å². The Bertz CT molecular complexity index is 588. The van der Waals surface area contributed by atoms with E-state index in [0.717, 1.165) is 13.0 Å². The van der Waals surface area contributed by atoms with Crippen LogP contribution in [0.3, 0.4) is 0 Å². The molecule has 0 amide bonds. The van der Waals surface area contributed by atoms with Crippen LogP contribution in [0, 0.1) is 11.7 Å². The second-order valence-corrected chi connectivity index (χ2v) is 5.54. The first-order valence-electron chi connectivity index (χ1n) is 7.56. The highest BCUT2D eigenvalue weighted by molar-refractivity contribution is 5.37. The predicted octanol–water partition coefficient (Wildman–Crippen LogP) is 3.12. The Balaban J connectivity index is 1.81. The lowest BCUT2D eigenvalue weighted by atomic mass is 10.1. The van der Waals surface area contributed by atoms with Crippen molar-refractivity contribution in [3.8, 4) is 0 Å². The maximum absolute atomic E-state index is 13.5. The van der Waals surface area contributed by atoms with Gasteiger partial charge in [-0.15, -0.1) is 5.10 Å². The number of hydrogen-bond donors (Lipinski definition) is 2. The van der Waals surface area contributed by atoms with Gasteiger partial charge < -0.3 is 10.6 Å².